The molecule has 1 aliphatic rings. The first-order valence-corrected chi connectivity index (χ1v) is 6.80. The average molecular weight is 292 g/mol. The van der Waals surface area contributed by atoms with E-state index < -0.39 is 0 Å². The van der Waals surface area contributed by atoms with Crippen LogP contribution in [0.2, 0.25) is 0 Å². The first-order chi connectivity index (χ1) is 8.54. The maximum Gasteiger partial charge on any atom is 0.242 e. The van der Waals surface area contributed by atoms with E-state index in [1.807, 2.05) is 4.90 Å². The smallest absolute Gasteiger partial charge is 0.242 e. The highest BCUT2D eigenvalue weighted by atomic mass is 35.5. The van der Waals surface area contributed by atoms with E-state index in [9.17, 15) is 9.59 Å². The van der Waals surface area contributed by atoms with Crippen molar-refractivity contribution in [2.75, 3.05) is 19.6 Å². The number of amides is 2. The Bertz CT molecular complexity index is 292. The lowest BCUT2D eigenvalue weighted by Crippen LogP contribution is -2.47. The van der Waals surface area contributed by atoms with Crippen molar-refractivity contribution in [3.05, 3.63) is 0 Å². The second-order valence-corrected chi connectivity index (χ2v) is 5.36. The van der Waals surface area contributed by atoms with E-state index in [0.717, 1.165) is 19.4 Å². The van der Waals surface area contributed by atoms with E-state index >= 15 is 0 Å². The molecule has 0 aromatic heterocycles. The van der Waals surface area contributed by atoms with Gasteiger partial charge in [-0.1, -0.05) is 26.7 Å². The molecule has 2 amide bonds. The van der Waals surface area contributed by atoms with E-state index in [4.69, 9.17) is 5.73 Å². The highest BCUT2D eigenvalue weighted by Gasteiger charge is 2.26. The quantitative estimate of drug-likeness (QED) is 0.764. The molecule has 6 heteroatoms. The summed E-state index contributed by atoms with van der Waals surface area (Å²) in [4.78, 5) is 25.2. The molecule has 1 fully saturated rings. The van der Waals surface area contributed by atoms with E-state index in [1.165, 1.54) is 12.8 Å². The van der Waals surface area contributed by atoms with Crippen molar-refractivity contribution in [1.82, 2.24) is 10.2 Å². The molecule has 5 nitrogen and oxygen atoms in total. The second-order valence-electron chi connectivity index (χ2n) is 5.36. The SMILES string of the molecule is CC(C)CN(C(=O)CNC(=O)CN)C1CCCC1.Cl. The van der Waals surface area contributed by atoms with Crippen LogP contribution in [0.3, 0.4) is 0 Å². The zero-order chi connectivity index (χ0) is 13.5. The van der Waals surface area contributed by atoms with Gasteiger partial charge < -0.3 is 16.0 Å². The predicted molar refractivity (Wildman–Crippen MR) is 78.1 cm³/mol. The molecular weight excluding hydrogens is 266 g/mol. The molecule has 0 radical (unpaired) electrons. The zero-order valence-electron chi connectivity index (χ0n) is 11.9. The van der Waals surface area contributed by atoms with Gasteiger partial charge in [-0.3, -0.25) is 9.59 Å². The normalized spacial score (nSPS) is 15.2. The summed E-state index contributed by atoms with van der Waals surface area (Å²) in [5.41, 5.74) is 5.20. The third-order valence-corrected chi connectivity index (χ3v) is 3.27. The van der Waals surface area contributed by atoms with Crippen LogP contribution in [0.4, 0.5) is 0 Å². The lowest BCUT2D eigenvalue weighted by molar-refractivity contribution is -0.135. The van der Waals surface area contributed by atoms with Gasteiger partial charge in [-0.25, -0.2) is 0 Å². The number of hydrogen-bond acceptors (Lipinski definition) is 3. The Labute approximate surface area is 121 Å². The van der Waals surface area contributed by atoms with Crippen LogP contribution in [0.1, 0.15) is 39.5 Å². The Morgan fingerprint density at radius 3 is 2.37 bits per heavy atom. The van der Waals surface area contributed by atoms with Crippen molar-refractivity contribution in [2.45, 2.75) is 45.6 Å². The summed E-state index contributed by atoms with van der Waals surface area (Å²) in [7, 11) is 0. The average Bonchev–Trinajstić information content (AvgIpc) is 2.85. The van der Waals surface area contributed by atoms with E-state index in [1.54, 1.807) is 0 Å². The molecule has 1 aliphatic carbocycles. The van der Waals surface area contributed by atoms with Crippen molar-refractivity contribution in [2.24, 2.45) is 11.7 Å². The largest absolute Gasteiger partial charge is 0.346 e. The fourth-order valence-electron chi connectivity index (χ4n) is 2.41. The standard InChI is InChI=1S/C13H25N3O2.ClH/c1-10(2)9-16(11-5-3-4-6-11)13(18)8-15-12(17)7-14;/h10-11H,3-9,14H2,1-2H3,(H,15,17);1H. The van der Waals surface area contributed by atoms with Crippen molar-refractivity contribution >= 4 is 24.2 Å². The Kier molecular flexibility index (Phi) is 8.76. The minimum Gasteiger partial charge on any atom is -0.346 e. The van der Waals surface area contributed by atoms with Crippen LogP contribution < -0.4 is 11.1 Å². The summed E-state index contributed by atoms with van der Waals surface area (Å²) in [6, 6.07) is 0.356. The Morgan fingerprint density at radius 1 is 1.32 bits per heavy atom. The van der Waals surface area contributed by atoms with Crippen LogP contribution in [-0.2, 0) is 9.59 Å². The Morgan fingerprint density at radius 2 is 1.89 bits per heavy atom. The molecule has 0 bridgehead atoms. The monoisotopic (exact) mass is 291 g/mol. The van der Waals surface area contributed by atoms with Crippen molar-refractivity contribution in [3.63, 3.8) is 0 Å². The molecule has 0 spiro atoms. The summed E-state index contributed by atoms with van der Waals surface area (Å²) < 4.78 is 0. The lowest BCUT2D eigenvalue weighted by Gasteiger charge is -2.30. The first-order valence-electron chi connectivity index (χ1n) is 6.80. The lowest BCUT2D eigenvalue weighted by atomic mass is 10.1. The first kappa shape index (κ1) is 18.2. The molecule has 0 aromatic rings. The number of nitrogens with zero attached hydrogens (tertiary/aromatic N) is 1. The molecule has 0 aliphatic heterocycles. The summed E-state index contributed by atoms with van der Waals surface area (Å²) in [6.07, 6.45) is 4.57. The van der Waals surface area contributed by atoms with Crippen molar-refractivity contribution in [3.8, 4) is 0 Å². The molecule has 0 saturated heterocycles. The fraction of sp³-hybridized carbons (Fsp3) is 0.846. The van der Waals surface area contributed by atoms with Crippen LogP contribution in [0.25, 0.3) is 0 Å². The number of carbonyl (C=O) groups excluding carboxylic acids is 2. The van der Waals surface area contributed by atoms with Gasteiger partial charge in [0, 0.05) is 12.6 Å². The van der Waals surface area contributed by atoms with E-state index in [0.29, 0.717) is 12.0 Å². The van der Waals surface area contributed by atoms with Crippen LogP contribution >= 0.6 is 12.4 Å². The van der Waals surface area contributed by atoms with Gasteiger partial charge in [0.1, 0.15) is 0 Å². The topological polar surface area (TPSA) is 75.4 Å². The minimum absolute atomic E-state index is 0. The number of nitrogens with one attached hydrogen (secondary N) is 1. The molecule has 1 saturated carbocycles. The maximum atomic E-state index is 12.2. The summed E-state index contributed by atoms with van der Waals surface area (Å²) >= 11 is 0. The molecule has 0 atom stereocenters. The molecule has 3 N–H and O–H groups in total. The highest BCUT2D eigenvalue weighted by Crippen LogP contribution is 2.24. The van der Waals surface area contributed by atoms with Crippen LogP contribution in [0, 0.1) is 5.92 Å². The van der Waals surface area contributed by atoms with Crippen molar-refractivity contribution in [1.29, 1.82) is 0 Å². The highest BCUT2D eigenvalue weighted by molar-refractivity contribution is 5.86. The van der Waals surface area contributed by atoms with E-state index in [2.05, 4.69) is 19.2 Å². The van der Waals surface area contributed by atoms with Gasteiger partial charge in [-0.15, -0.1) is 12.4 Å². The molecule has 0 heterocycles. The zero-order valence-corrected chi connectivity index (χ0v) is 12.7. The minimum atomic E-state index is -0.278. The van der Waals surface area contributed by atoms with Crippen LogP contribution in [-0.4, -0.2) is 42.4 Å². The number of nitrogens with two attached hydrogens (primary N) is 1. The Balaban J connectivity index is 0.00000324. The van der Waals surface area contributed by atoms with Gasteiger partial charge in [0.2, 0.25) is 11.8 Å². The summed E-state index contributed by atoms with van der Waals surface area (Å²) in [6.45, 7) is 4.98. The maximum absolute atomic E-state index is 12.2. The van der Waals surface area contributed by atoms with E-state index in [-0.39, 0.29) is 37.3 Å². The number of halogens is 1. The molecule has 19 heavy (non-hydrogen) atoms. The molecule has 0 unspecified atom stereocenters. The molecule has 0 aromatic carbocycles. The third-order valence-electron chi connectivity index (χ3n) is 3.27. The van der Waals surface area contributed by atoms with Gasteiger partial charge in [0.25, 0.3) is 0 Å². The van der Waals surface area contributed by atoms with Gasteiger partial charge in [-0.05, 0) is 18.8 Å². The third kappa shape index (κ3) is 6.25. The van der Waals surface area contributed by atoms with Gasteiger partial charge in [0.15, 0.2) is 0 Å². The van der Waals surface area contributed by atoms with Crippen LogP contribution in [0.15, 0.2) is 0 Å². The summed E-state index contributed by atoms with van der Waals surface area (Å²) in [5, 5.41) is 2.55. The summed E-state index contributed by atoms with van der Waals surface area (Å²) in [5.74, 6) is 0.177. The van der Waals surface area contributed by atoms with Gasteiger partial charge >= 0.3 is 0 Å². The van der Waals surface area contributed by atoms with Crippen LogP contribution in [0.5, 0.6) is 0 Å². The van der Waals surface area contributed by atoms with Crippen molar-refractivity contribution < 1.29 is 9.59 Å². The molecule has 112 valence electrons. The number of carbonyl (C=O) groups is 2. The number of hydrogen-bond donors (Lipinski definition) is 2. The van der Waals surface area contributed by atoms with Gasteiger partial charge in [-0.2, -0.15) is 0 Å². The predicted octanol–water partition coefficient (Wildman–Crippen LogP) is 0.910. The Hall–Kier alpha value is -0.810. The second kappa shape index (κ2) is 9.15. The van der Waals surface area contributed by atoms with Gasteiger partial charge in [0.05, 0.1) is 13.1 Å². The molecule has 1 rings (SSSR count). The fourth-order valence-corrected chi connectivity index (χ4v) is 2.41. The number of rotatable bonds is 6. The molecular formula is C13H26ClN3O2.